The fourth-order valence-electron chi connectivity index (χ4n) is 3.51. The zero-order chi connectivity index (χ0) is 24.2. The summed E-state index contributed by atoms with van der Waals surface area (Å²) in [4.78, 5) is 17.3. The van der Waals surface area contributed by atoms with E-state index in [0.717, 1.165) is 27.6 Å². The van der Waals surface area contributed by atoms with Gasteiger partial charge in [-0.3, -0.25) is 4.79 Å². The maximum absolute atomic E-state index is 13.2. The van der Waals surface area contributed by atoms with Crippen molar-refractivity contribution in [2.24, 2.45) is 0 Å². The molecule has 0 bridgehead atoms. The molecule has 2 aromatic carbocycles. The Balaban J connectivity index is 1.81. The van der Waals surface area contributed by atoms with Crippen molar-refractivity contribution in [1.82, 2.24) is 10.3 Å². The summed E-state index contributed by atoms with van der Waals surface area (Å²) >= 11 is 15.6. The van der Waals surface area contributed by atoms with Crippen LogP contribution in [0, 0.1) is 6.92 Å². The van der Waals surface area contributed by atoms with Crippen LogP contribution >= 0.6 is 39.1 Å². The fourth-order valence-corrected chi connectivity index (χ4v) is 4.14. The number of nitrogens with zero attached hydrogens (tertiary/aromatic N) is 1. The standard InChI is InChI=1S/C26H27BrCl2N2O2/c1-16-5-8-19(14-23(16)27)22(13-18-6-9-20(28)10-7-18)17(2)31-25(32)26(3,4)33-24-12-11-21(29)15-30-24/h5-12,14-15,17,22H,13H2,1-4H3,(H,31,32). The minimum absolute atomic E-state index is 0.0384. The van der Waals surface area contributed by atoms with Crippen LogP contribution in [0.5, 0.6) is 5.88 Å². The van der Waals surface area contributed by atoms with E-state index in [-0.39, 0.29) is 17.9 Å². The molecule has 2 atom stereocenters. The molecule has 1 heterocycles. The summed E-state index contributed by atoms with van der Waals surface area (Å²) in [7, 11) is 0. The van der Waals surface area contributed by atoms with Gasteiger partial charge in [0.2, 0.25) is 5.88 Å². The van der Waals surface area contributed by atoms with E-state index in [0.29, 0.717) is 15.9 Å². The van der Waals surface area contributed by atoms with Crippen LogP contribution in [0.2, 0.25) is 10.0 Å². The first-order chi connectivity index (χ1) is 15.5. The fraction of sp³-hybridized carbons (Fsp3) is 0.308. The van der Waals surface area contributed by atoms with Crippen LogP contribution in [-0.2, 0) is 11.2 Å². The summed E-state index contributed by atoms with van der Waals surface area (Å²) < 4.78 is 6.91. The van der Waals surface area contributed by atoms with Crippen LogP contribution in [0.25, 0.3) is 0 Å². The maximum atomic E-state index is 13.2. The molecule has 2 unspecified atom stereocenters. The number of rotatable bonds is 8. The molecular weight excluding hydrogens is 523 g/mol. The van der Waals surface area contributed by atoms with Gasteiger partial charge in [-0.2, -0.15) is 0 Å². The van der Waals surface area contributed by atoms with Crippen molar-refractivity contribution in [3.05, 3.63) is 92.0 Å². The van der Waals surface area contributed by atoms with Gasteiger partial charge in [-0.05, 0) is 75.1 Å². The van der Waals surface area contributed by atoms with E-state index in [1.165, 1.54) is 6.20 Å². The lowest BCUT2D eigenvalue weighted by atomic mass is 9.86. The Morgan fingerprint density at radius 1 is 1.09 bits per heavy atom. The molecule has 1 amide bonds. The highest BCUT2D eigenvalue weighted by atomic mass is 79.9. The SMILES string of the molecule is Cc1ccc(C(Cc2ccc(Cl)cc2)C(C)NC(=O)C(C)(C)Oc2ccc(Cl)cn2)cc1Br. The Bertz CT molecular complexity index is 1100. The van der Waals surface area contributed by atoms with Crippen LogP contribution in [0.15, 0.2) is 65.3 Å². The van der Waals surface area contributed by atoms with Crippen molar-refractivity contribution >= 4 is 45.0 Å². The number of aromatic nitrogens is 1. The van der Waals surface area contributed by atoms with Gasteiger partial charge in [0.05, 0.1) is 5.02 Å². The Kier molecular flexibility index (Phi) is 8.43. The third-order valence-corrected chi connectivity index (χ3v) is 6.89. The number of hydrogen-bond acceptors (Lipinski definition) is 3. The molecule has 0 aliphatic heterocycles. The highest BCUT2D eigenvalue weighted by molar-refractivity contribution is 9.10. The summed E-state index contributed by atoms with van der Waals surface area (Å²) in [5.74, 6) is 0.155. The van der Waals surface area contributed by atoms with Crippen molar-refractivity contribution in [3.8, 4) is 5.88 Å². The first-order valence-corrected chi connectivity index (χ1v) is 12.2. The van der Waals surface area contributed by atoms with Gasteiger partial charge in [0, 0.05) is 33.7 Å². The largest absolute Gasteiger partial charge is 0.462 e. The summed E-state index contributed by atoms with van der Waals surface area (Å²) in [5, 5.41) is 4.36. The first-order valence-electron chi connectivity index (χ1n) is 10.7. The third-order valence-electron chi connectivity index (χ3n) is 5.56. The normalized spacial score (nSPS) is 13.3. The molecule has 33 heavy (non-hydrogen) atoms. The molecule has 0 saturated carbocycles. The van der Waals surface area contributed by atoms with Crippen LogP contribution in [-0.4, -0.2) is 22.5 Å². The second-order valence-electron chi connectivity index (χ2n) is 8.63. The summed E-state index contributed by atoms with van der Waals surface area (Å²) in [6.45, 7) is 7.52. The highest BCUT2D eigenvalue weighted by Gasteiger charge is 2.33. The van der Waals surface area contributed by atoms with E-state index in [4.69, 9.17) is 27.9 Å². The van der Waals surface area contributed by atoms with Crippen molar-refractivity contribution in [1.29, 1.82) is 0 Å². The predicted molar refractivity (Wildman–Crippen MR) is 138 cm³/mol. The van der Waals surface area contributed by atoms with Crippen molar-refractivity contribution in [2.75, 3.05) is 0 Å². The van der Waals surface area contributed by atoms with E-state index in [2.05, 4.69) is 51.4 Å². The summed E-state index contributed by atoms with van der Waals surface area (Å²) in [5.41, 5.74) is 2.32. The number of ether oxygens (including phenoxy) is 1. The van der Waals surface area contributed by atoms with E-state index in [9.17, 15) is 4.79 Å². The Morgan fingerprint density at radius 3 is 2.36 bits per heavy atom. The predicted octanol–water partition coefficient (Wildman–Crippen LogP) is 7.15. The van der Waals surface area contributed by atoms with E-state index >= 15 is 0 Å². The minimum Gasteiger partial charge on any atom is -0.462 e. The molecule has 0 fully saturated rings. The lowest BCUT2D eigenvalue weighted by Crippen LogP contribution is -2.51. The number of amides is 1. The van der Waals surface area contributed by atoms with Crippen molar-refractivity contribution in [2.45, 2.75) is 51.7 Å². The van der Waals surface area contributed by atoms with Crippen LogP contribution in [0.1, 0.15) is 43.4 Å². The lowest BCUT2D eigenvalue weighted by Gasteiger charge is -2.31. The van der Waals surface area contributed by atoms with E-state index in [1.807, 2.05) is 31.2 Å². The molecule has 7 heteroatoms. The molecule has 0 saturated heterocycles. The average Bonchev–Trinajstić information content (AvgIpc) is 2.76. The Labute approximate surface area is 213 Å². The number of pyridine rings is 1. The number of nitrogens with one attached hydrogen (secondary N) is 1. The number of carbonyl (C=O) groups excluding carboxylic acids is 1. The van der Waals surface area contributed by atoms with Gasteiger partial charge in [-0.25, -0.2) is 4.98 Å². The molecule has 1 N–H and O–H groups in total. The van der Waals surface area contributed by atoms with Gasteiger partial charge >= 0.3 is 0 Å². The molecule has 0 aliphatic carbocycles. The number of aryl methyl sites for hydroxylation is 1. The molecule has 0 spiro atoms. The molecular formula is C26H27BrCl2N2O2. The highest BCUT2D eigenvalue weighted by Crippen LogP contribution is 2.29. The molecule has 1 aromatic heterocycles. The second-order valence-corrected chi connectivity index (χ2v) is 10.4. The average molecular weight is 550 g/mol. The number of hydrogen-bond donors (Lipinski definition) is 1. The van der Waals surface area contributed by atoms with Crippen LogP contribution < -0.4 is 10.1 Å². The smallest absolute Gasteiger partial charge is 0.263 e. The number of halogens is 3. The molecule has 3 rings (SSSR count). The molecule has 0 aliphatic rings. The Morgan fingerprint density at radius 2 is 1.76 bits per heavy atom. The topological polar surface area (TPSA) is 51.2 Å². The second kappa shape index (κ2) is 10.9. The van der Waals surface area contributed by atoms with Crippen LogP contribution in [0.3, 0.4) is 0 Å². The lowest BCUT2D eigenvalue weighted by molar-refractivity contribution is -0.135. The van der Waals surface area contributed by atoms with Gasteiger partial charge < -0.3 is 10.1 Å². The van der Waals surface area contributed by atoms with Gasteiger partial charge in [0.1, 0.15) is 0 Å². The Hall–Kier alpha value is -2.08. The van der Waals surface area contributed by atoms with Crippen molar-refractivity contribution in [3.63, 3.8) is 0 Å². The quantitative estimate of drug-likeness (QED) is 0.324. The molecule has 4 nitrogen and oxygen atoms in total. The maximum Gasteiger partial charge on any atom is 0.263 e. The summed E-state index contributed by atoms with van der Waals surface area (Å²) in [6, 6.07) is 17.3. The van der Waals surface area contributed by atoms with E-state index < -0.39 is 5.60 Å². The zero-order valence-electron chi connectivity index (χ0n) is 19.0. The zero-order valence-corrected chi connectivity index (χ0v) is 22.1. The molecule has 3 aromatic rings. The summed E-state index contributed by atoms with van der Waals surface area (Å²) in [6.07, 6.45) is 2.24. The third kappa shape index (κ3) is 6.95. The van der Waals surface area contributed by atoms with Crippen LogP contribution in [0.4, 0.5) is 0 Å². The monoisotopic (exact) mass is 548 g/mol. The number of benzene rings is 2. The first kappa shape index (κ1) is 25.5. The van der Waals surface area contributed by atoms with Gasteiger partial charge in [0.15, 0.2) is 5.60 Å². The van der Waals surface area contributed by atoms with E-state index in [1.54, 1.807) is 26.0 Å². The van der Waals surface area contributed by atoms with Gasteiger partial charge in [-0.1, -0.05) is 63.4 Å². The van der Waals surface area contributed by atoms with Gasteiger partial charge in [0.25, 0.3) is 5.91 Å². The molecule has 0 radical (unpaired) electrons. The number of carbonyl (C=O) groups is 1. The van der Waals surface area contributed by atoms with Gasteiger partial charge in [-0.15, -0.1) is 0 Å². The molecule has 174 valence electrons. The van der Waals surface area contributed by atoms with Crippen molar-refractivity contribution < 1.29 is 9.53 Å². The minimum atomic E-state index is -1.12.